The maximum Gasteiger partial charge on any atom is 0.326 e. The lowest BCUT2D eigenvalue weighted by Gasteiger charge is -2.27. The van der Waals surface area contributed by atoms with E-state index in [0.29, 0.717) is 38.6 Å². The van der Waals surface area contributed by atoms with Gasteiger partial charge in [0.2, 0.25) is 29.5 Å². The van der Waals surface area contributed by atoms with E-state index in [1.165, 1.54) is 0 Å². The van der Waals surface area contributed by atoms with Crippen molar-refractivity contribution in [1.82, 2.24) is 26.6 Å². The fourth-order valence-electron chi connectivity index (χ4n) is 5.95. The van der Waals surface area contributed by atoms with Gasteiger partial charge in [0.25, 0.3) is 0 Å². The number of aliphatic carboxylic acids is 1. The molecule has 16 heteroatoms. The summed E-state index contributed by atoms with van der Waals surface area (Å²) < 4.78 is 0. The molecule has 2 aromatic rings. The van der Waals surface area contributed by atoms with E-state index in [1.54, 1.807) is 0 Å². The van der Waals surface area contributed by atoms with Crippen LogP contribution in [0.1, 0.15) is 76.3 Å². The molecule has 0 saturated heterocycles. The second-order valence-electron chi connectivity index (χ2n) is 14.5. The number of carboxylic acid groups (broad SMARTS) is 1. The van der Waals surface area contributed by atoms with Crippen molar-refractivity contribution in [2.75, 3.05) is 19.6 Å². The number of rotatable bonds is 27. The predicted molar refractivity (Wildman–Crippen MR) is 214 cm³/mol. The molecule has 0 aromatic heterocycles. The third-order valence-corrected chi connectivity index (χ3v) is 9.11. The van der Waals surface area contributed by atoms with Gasteiger partial charge in [-0.2, -0.15) is 0 Å². The van der Waals surface area contributed by atoms with E-state index >= 15 is 0 Å². The van der Waals surface area contributed by atoms with Crippen molar-refractivity contribution in [2.45, 2.75) is 114 Å². The highest BCUT2D eigenvalue weighted by molar-refractivity contribution is 5.95. The molecule has 0 aliphatic heterocycles. The number of nitrogens with two attached hydrogens (primary N) is 4. The van der Waals surface area contributed by atoms with E-state index in [4.69, 9.17) is 22.9 Å². The minimum absolute atomic E-state index is 0.0232. The molecule has 0 unspecified atom stereocenters. The summed E-state index contributed by atoms with van der Waals surface area (Å²) in [4.78, 5) is 78.2. The van der Waals surface area contributed by atoms with Crippen LogP contribution < -0.4 is 49.5 Å². The van der Waals surface area contributed by atoms with Crippen molar-refractivity contribution in [3.63, 3.8) is 0 Å². The van der Waals surface area contributed by atoms with Gasteiger partial charge in [0.05, 0.1) is 12.1 Å². The second-order valence-corrected chi connectivity index (χ2v) is 14.5. The highest BCUT2D eigenvalue weighted by Gasteiger charge is 2.31. The quantitative estimate of drug-likeness (QED) is 0.0537. The number of hydrogen-bond donors (Lipinski definition) is 10. The van der Waals surface area contributed by atoms with Crippen LogP contribution in [0.4, 0.5) is 0 Å². The first-order valence-electron chi connectivity index (χ1n) is 19.5. The van der Waals surface area contributed by atoms with Crippen molar-refractivity contribution in [3.05, 3.63) is 71.8 Å². The number of hydrogen-bond acceptors (Lipinski definition) is 10. The summed E-state index contributed by atoms with van der Waals surface area (Å²) in [6, 6.07) is 12.5. The van der Waals surface area contributed by atoms with Crippen LogP contribution in [-0.4, -0.2) is 96.5 Å². The van der Waals surface area contributed by atoms with Gasteiger partial charge in [-0.1, -0.05) is 74.5 Å². The van der Waals surface area contributed by atoms with Crippen LogP contribution in [0.5, 0.6) is 0 Å². The Morgan fingerprint density at radius 3 is 1.61 bits per heavy atom. The third-order valence-electron chi connectivity index (χ3n) is 9.11. The lowest BCUT2D eigenvalue weighted by Crippen LogP contribution is -2.58. The van der Waals surface area contributed by atoms with Crippen LogP contribution in [0.15, 0.2) is 60.7 Å². The molecule has 2 aromatic carbocycles. The molecular weight excluding hydrogens is 718 g/mol. The summed E-state index contributed by atoms with van der Waals surface area (Å²) in [5.74, 6) is -3.91. The van der Waals surface area contributed by atoms with Gasteiger partial charge in [-0.05, 0) is 87.9 Å². The molecule has 0 radical (unpaired) electrons. The van der Waals surface area contributed by atoms with Gasteiger partial charge < -0.3 is 54.6 Å². The van der Waals surface area contributed by atoms with Crippen molar-refractivity contribution in [3.8, 4) is 0 Å². The Kier molecular flexibility index (Phi) is 22.0. The van der Waals surface area contributed by atoms with Gasteiger partial charge in [0.15, 0.2) is 0 Å². The van der Waals surface area contributed by atoms with E-state index in [0.717, 1.165) is 11.1 Å². The average Bonchev–Trinajstić information content (AvgIpc) is 3.17. The van der Waals surface area contributed by atoms with Gasteiger partial charge in [-0.25, -0.2) is 4.79 Å². The Balaban J connectivity index is 2.08. The Bertz CT molecular complexity index is 1510. The summed E-state index contributed by atoms with van der Waals surface area (Å²) in [5.41, 5.74) is 24.9. The standard InChI is InChI=1S/C40H63N9O7/c1-26(2)23-33(49-39(54)34(25-28-15-7-4-8-16-28)48-36(51)30(44)24-27-13-5-3-6-14-27)38(53)46-31(19-12-21-42)37(52)45-22-10-9-18-32(40(55)56)47-35(50)29(43)17-11-20-41/h3-8,13-16,26,29-34H,9-12,17-25,41-44H2,1-2H3,(H,45,52)(H,46,53)(H,47,50)(H,48,51)(H,49,54)(H,55,56)/t29-,30-,31-,32+,33-,34-/m1/s1. The molecule has 0 aliphatic carbocycles. The number of benzene rings is 2. The van der Waals surface area contributed by atoms with Gasteiger partial charge in [0.1, 0.15) is 24.2 Å². The zero-order chi connectivity index (χ0) is 41.5. The van der Waals surface area contributed by atoms with E-state index in [2.05, 4.69) is 26.6 Å². The van der Waals surface area contributed by atoms with Crippen molar-refractivity contribution < 1.29 is 33.9 Å². The number of carbonyl (C=O) groups is 6. The molecule has 5 amide bonds. The third kappa shape index (κ3) is 18.2. The monoisotopic (exact) mass is 781 g/mol. The lowest BCUT2D eigenvalue weighted by molar-refractivity contribution is -0.142. The highest BCUT2D eigenvalue weighted by atomic mass is 16.4. The van der Waals surface area contributed by atoms with Crippen LogP contribution in [0.2, 0.25) is 0 Å². The molecule has 0 fully saturated rings. The first-order chi connectivity index (χ1) is 26.7. The molecule has 2 rings (SSSR count). The number of carboxylic acids is 1. The second kappa shape index (κ2) is 26.0. The Hall–Kier alpha value is -4.90. The van der Waals surface area contributed by atoms with E-state index in [-0.39, 0.29) is 51.1 Å². The minimum Gasteiger partial charge on any atom is -0.480 e. The maximum absolute atomic E-state index is 13.9. The van der Waals surface area contributed by atoms with Crippen molar-refractivity contribution >= 4 is 35.5 Å². The van der Waals surface area contributed by atoms with Gasteiger partial charge in [-0.15, -0.1) is 0 Å². The summed E-state index contributed by atoms with van der Waals surface area (Å²) in [5, 5.41) is 23.2. The summed E-state index contributed by atoms with van der Waals surface area (Å²) >= 11 is 0. The first-order valence-corrected chi connectivity index (χ1v) is 19.5. The highest BCUT2D eigenvalue weighted by Crippen LogP contribution is 2.11. The van der Waals surface area contributed by atoms with Crippen LogP contribution in [0, 0.1) is 5.92 Å². The molecule has 310 valence electrons. The van der Waals surface area contributed by atoms with E-state index in [9.17, 15) is 33.9 Å². The molecule has 16 nitrogen and oxygen atoms in total. The number of nitrogens with one attached hydrogen (secondary N) is 5. The summed E-state index contributed by atoms with van der Waals surface area (Å²) in [6.07, 6.45) is 3.10. The average molecular weight is 782 g/mol. The molecule has 0 spiro atoms. The van der Waals surface area contributed by atoms with Gasteiger partial charge >= 0.3 is 5.97 Å². The van der Waals surface area contributed by atoms with Gasteiger partial charge in [-0.3, -0.25) is 24.0 Å². The smallest absolute Gasteiger partial charge is 0.326 e. The molecule has 56 heavy (non-hydrogen) atoms. The van der Waals surface area contributed by atoms with Crippen molar-refractivity contribution in [1.29, 1.82) is 0 Å². The fourth-order valence-corrected chi connectivity index (χ4v) is 5.95. The molecule has 0 heterocycles. The van der Waals surface area contributed by atoms with Crippen LogP contribution in [0.3, 0.4) is 0 Å². The number of unbranched alkanes of at least 4 members (excludes halogenated alkanes) is 1. The maximum atomic E-state index is 13.9. The predicted octanol–water partition coefficient (Wildman–Crippen LogP) is -0.0394. The fraction of sp³-hybridized carbons (Fsp3) is 0.550. The minimum atomic E-state index is -1.19. The first kappa shape index (κ1) is 47.3. The normalized spacial score (nSPS) is 14.3. The summed E-state index contributed by atoms with van der Waals surface area (Å²) in [7, 11) is 0. The zero-order valence-corrected chi connectivity index (χ0v) is 32.7. The van der Waals surface area contributed by atoms with Crippen LogP contribution in [-0.2, 0) is 41.6 Å². The SMILES string of the molecule is CC(C)C[C@@H](NC(=O)[C@@H](Cc1ccccc1)NC(=O)[C@H](N)Cc1ccccc1)C(=O)N[C@H](CCCN)C(=O)NCCCC[C@H](NC(=O)[C@H](N)CCCN)C(=O)O. The van der Waals surface area contributed by atoms with E-state index < -0.39 is 71.8 Å². The molecule has 0 aliphatic rings. The Morgan fingerprint density at radius 1 is 0.554 bits per heavy atom. The molecule has 0 saturated carbocycles. The molecular formula is C40H63N9O7. The molecule has 0 bridgehead atoms. The number of carbonyl (C=O) groups excluding carboxylic acids is 5. The summed E-state index contributed by atoms with van der Waals surface area (Å²) in [6.45, 7) is 4.62. The topological polar surface area (TPSA) is 287 Å². The largest absolute Gasteiger partial charge is 0.480 e. The lowest BCUT2D eigenvalue weighted by atomic mass is 10.00. The molecule has 14 N–H and O–H groups in total. The van der Waals surface area contributed by atoms with Gasteiger partial charge in [0, 0.05) is 13.0 Å². The Labute approximate surface area is 330 Å². The van der Waals surface area contributed by atoms with Crippen LogP contribution >= 0.6 is 0 Å². The van der Waals surface area contributed by atoms with E-state index in [1.807, 2.05) is 74.5 Å². The number of amides is 5. The zero-order valence-electron chi connectivity index (χ0n) is 32.7. The Morgan fingerprint density at radius 2 is 1.04 bits per heavy atom. The van der Waals surface area contributed by atoms with Crippen molar-refractivity contribution in [2.24, 2.45) is 28.9 Å². The van der Waals surface area contributed by atoms with Crippen LogP contribution in [0.25, 0.3) is 0 Å². The molecule has 6 atom stereocenters.